The number of hydrogen-bond donors (Lipinski definition) is 1. The van der Waals surface area contributed by atoms with Crippen molar-refractivity contribution >= 4 is 23.4 Å². The molecular formula is C15H16ClNS. The van der Waals surface area contributed by atoms with Crippen LogP contribution in [0.25, 0.3) is 0 Å². The van der Waals surface area contributed by atoms with Gasteiger partial charge in [-0.25, -0.2) is 0 Å². The number of thioether (sulfide) groups is 1. The van der Waals surface area contributed by atoms with E-state index in [1.807, 2.05) is 30.0 Å². The second kappa shape index (κ2) is 7.47. The highest BCUT2D eigenvalue weighted by atomic mass is 35.5. The maximum absolute atomic E-state index is 5.84. The van der Waals surface area contributed by atoms with E-state index in [-0.39, 0.29) is 0 Å². The molecule has 0 bridgehead atoms. The van der Waals surface area contributed by atoms with Crippen molar-refractivity contribution in [3.8, 4) is 0 Å². The van der Waals surface area contributed by atoms with Crippen LogP contribution in [0, 0.1) is 0 Å². The van der Waals surface area contributed by atoms with Crippen molar-refractivity contribution in [1.82, 2.24) is 5.32 Å². The molecule has 0 amide bonds. The minimum atomic E-state index is 0.793. The molecule has 0 unspecified atom stereocenters. The zero-order valence-corrected chi connectivity index (χ0v) is 11.7. The molecule has 0 fully saturated rings. The molecule has 2 aromatic rings. The Hall–Kier alpha value is -0.960. The van der Waals surface area contributed by atoms with Crippen LogP contribution in [0.1, 0.15) is 5.56 Å². The maximum atomic E-state index is 5.84. The molecule has 0 spiro atoms. The van der Waals surface area contributed by atoms with Gasteiger partial charge in [-0.05, 0) is 29.8 Å². The third-order valence-corrected chi connectivity index (χ3v) is 3.80. The molecule has 0 saturated heterocycles. The van der Waals surface area contributed by atoms with Gasteiger partial charge in [-0.15, -0.1) is 11.8 Å². The molecule has 0 aromatic heterocycles. The van der Waals surface area contributed by atoms with E-state index in [0.717, 1.165) is 23.9 Å². The third kappa shape index (κ3) is 4.73. The van der Waals surface area contributed by atoms with Crippen LogP contribution in [0.2, 0.25) is 5.02 Å². The summed E-state index contributed by atoms with van der Waals surface area (Å²) in [5.74, 6) is 1.06. The lowest BCUT2D eigenvalue weighted by atomic mass is 10.2. The Balaban J connectivity index is 1.63. The minimum Gasteiger partial charge on any atom is -0.312 e. The maximum Gasteiger partial charge on any atom is 0.0406 e. The van der Waals surface area contributed by atoms with Gasteiger partial charge in [0.15, 0.2) is 0 Å². The average Bonchev–Trinajstić information content (AvgIpc) is 2.42. The molecule has 0 radical (unpaired) electrons. The molecule has 1 N–H and O–H groups in total. The predicted octanol–water partition coefficient (Wildman–Crippen LogP) is 4.22. The molecule has 0 saturated carbocycles. The summed E-state index contributed by atoms with van der Waals surface area (Å²) in [7, 11) is 0. The Labute approximate surface area is 118 Å². The van der Waals surface area contributed by atoms with Crippen LogP contribution < -0.4 is 5.32 Å². The Morgan fingerprint density at radius 1 is 0.944 bits per heavy atom. The van der Waals surface area contributed by atoms with Crippen LogP contribution in [0.4, 0.5) is 0 Å². The van der Waals surface area contributed by atoms with Crippen molar-refractivity contribution < 1.29 is 0 Å². The molecule has 0 aliphatic carbocycles. The molecule has 0 aliphatic rings. The largest absolute Gasteiger partial charge is 0.312 e. The first-order valence-corrected chi connectivity index (χ1v) is 7.34. The summed E-state index contributed by atoms with van der Waals surface area (Å²) in [6.07, 6.45) is 0. The van der Waals surface area contributed by atoms with Gasteiger partial charge >= 0.3 is 0 Å². The summed E-state index contributed by atoms with van der Waals surface area (Å²) in [6.45, 7) is 1.93. The van der Waals surface area contributed by atoms with Gasteiger partial charge in [0.2, 0.25) is 0 Å². The second-order valence-corrected chi connectivity index (χ2v) is 5.57. The lowest BCUT2D eigenvalue weighted by Crippen LogP contribution is -2.16. The highest BCUT2D eigenvalue weighted by molar-refractivity contribution is 7.99. The quantitative estimate of drug-likeness (QED) is 0.627. The van der Waals surface area contributed by atoms with Gasteiger partial charge in [0.05, 0.1) is 0 Å². The summed E-state index contributed by atoms with van der Waals surface area (Å²) >= 11 is 7.68. The first kappa shape index (κ1) is 13.5. The summed E-state index contributed by atoms with van der Waals surface area (Å²) in [6, 6.07) is 18.4. The lowest BCUT2D eigenvalue weighted by molar-refractivity contribution is 0.732. The van der Waals surface area contributed by atoms with Crippen molar-refractivity contribution in [1.29, 1.82) is 0 Å². The molecule has 0 heterocycles. The summed E-state index contributed by atoms with van der Waals surface area (Å²) < 4.78 is 0. The zero-order chi connectivity index (χ0) is 12.6. The van der Waals surface area contributed by atoms with Gasteiger partial charge in [0.1, 0.15) is 0 Å². The van der Waals surface area contributed by atoms with Gasteiger partial charge in [0.25, 0.3) is 0 Å². The highest BCUT2D eigenvalue weighted by Gasteiger charge is 1.95. The molecule has 2 aromatic carbocycles. The Bertz CT molecular complexity index is 456. The first-order chi connectivity index (χ1) is 8.84. The van der Waals surface area contributed by atoms with E-state index >= 15 is 0 Å². The van der Waals surface area contributed by atoms with Crippen molar-refractivity contribution in [2.45, 2.75) is 11.4 Å². The van der Waals surface area contributed by atoms with Crippen LogP contribution in [0.15, 0.2) is 59.5 Å². The Kier molecular flexibility index (Phi) is 5.59. The monoisotopic (exact) mass is 277 g/mol. The summed E-state index contributed by atoms with van der Waals surface area (Å²) in [5.41, 5.74) is 1.33. The third-order valence-electron chi connectivity index (χ3n) is 2.53. The fraction of sp³-hybridized carbons (Fsp3) is 0.200. The second-order valence-electron chi connectivity index (χ2n) is 3.96. The van der Waals surface area contributed by atoms with Crippen LogP contribution >= 0.6 is 23.4 Å². The number of nitrogens with one attached hydrogen (secondary N) is 1. The van der Waals surface area contributed by atoms with Gasteiger partial charge in [0, 0.05) is 28.8 Å². The molecule has 0 aliphatic heterocycles. The van der Waals surface area contributed by atoms with E-state index in [0.29, 0.717) is 0 Å². The van der Waals surface area contributed by atoms with Gasteiger partial charge < -0.3 is 5.32 Å². The Morgan fingerprint density at radius 3 is 2.39 bits per heavy atom. The first-order valence-electron chi connectivity index (χ1n) is 5.97. The van der Waals surface area contributed by atoms with Gasteiger partial charge in [-0.1, -0.05) is 41.9 Å². The van der Waals surface area contributed by atoms with Crippen molar-refractivity contribution in [2.24, 2.45) is 0 Å². The van der Waals surface area contributed by atoms with E-state index in [9.17, 15) is 0 Å². The molecule has 94 valence electrons. The Morgan fingerprint density at radius 2 is 1.67 bits per heavy atom. The zero-order valence-electron chi connectivity index (χ0n) is 10.1. The summed E-state index contributed by atoms with van der Waals surface area (Å²) in [5, 5.41) is 4.23. The molecule has 3 heteroatoms. The number of hydrogen-bond acceptors (Lipinski definition) is 2. The minimum absolute atomic E-state index is 0.793. The van der Waals surface area contributed by atoms with Crippen LogP contribution in [0.5, 0.6) is 0 Å². The molecule has 2 rings (SSSR count). The predicted molar refractivity (Wildman–Crippen MR) is 80.3 cm³/mol. The van der Waals surface area contributed by atoms with Gasteiger partial charge in [-0.3, -0.25) is 0 Å². The summed E-state index contributed by atoms with van der Waals surface area (Å²) in [4.78, 5) is 1.26. The number of halogens is 1. The number of benzene rings is 2. The van der Waals surface area contributed by atoms with Crippen molar-refractivity contribution in [3.63, 3.8) is 0 Å². The normalized spacial score (nSPS) is 10.5. The van der Waals surface area contributed by atoms with E-state index in [1.54, 1.807) is 0 Å². The molecule has 18 heavy (non-hydrogen) atoms. The van der Waals surface area contributed by atoms with E-state index in [1.165, 1.54) is 10.5 Å². The molecule has 1 nitrogen and oxygen atoms in total. The van der Waals surface area contributed by atoms with Crippen molar-refractivity contribution in [2.75, 3.05) is 12.3 Å². The van der Waals surface area contributed by atoms with Crippen LogP contribution in [0.3, 0.4) is 0 Å². The smallest absolute Gasteiger partial charge is 0.0406 e. The van der Waals surface area contributed by atoms with Crippen LogP contribution in [-0.4, -0.2) is 12.3 Å². The van der Waals surface area contributed by atoms with Crippen molar-refractivity contribution in [3.05, 3.63) is 65.2 Å². The van der Waals surface area contributed by atoms with E-state index in [4.69, 9.17) is 11.6 Å². The number of rotatable bonds is 6. The molecule has 0 atom stereocenters. The SMILES string of the molecule is Clc1ccc(SCCNCc2ccccc2)cc1. The lowest BCUT2D eigenvalue weighted by Gasteiger charge is -2.05. The molecular weight excluding hydrogens is 262 g/mol. The standard InChI is InChI=1S/C15H16ClNS/c16-14-6-8-15(9-7-14)18-11-10-17-12-13-4-2-1-3-5-13/h1-9,17H,10-12H2. The topological polar surface area (TPSA) is 12.0 Å². The van der Waals surface area contributed by atoms with Crippen LogP contribution in [-0.2, 0) is 6.54 Å². The van der Waals surface area contributed by atoms with Gasteiger partial charge in [-0.2, -0.15) is 0 Å². The van der Waals surface area contributed by atoms with E-state index in [2.05, 4.69) is 41.7 Å². The fourth-order valence-electron chi connectivity index (χ4n) is 1.60. The average molecular weight is 278 g/mol. The highest BCUT2D eigenvalue weighted by Crippen LogP contribution is 2.19. The fourth-order valence-corrected chi connectivity index (χ4v) is 2.54. The van der Waals surface area contributed by atoms with E-state index < -0.39 is 0 Å².